The van der Waals surface area contributed by atoms with E-state index in [9.17, 15) is 48.3 Å². The van der Waals surface area contributed by atoms with E-state index >= 15 is 0 Å². The lowest BCUT2D eigenvalue weighted by Crippen LogP contribution is -2.62. The van der Waals surface area contributed by atoms with Gasteiger partial charge in [-0.05, 0) is 96.5 Å². The Morgan fingerprint density at radius 1 is 0.622 bits per heavy atom. The second-order valence-electron chi connectivity index (χ2n) is 22.6. The Kier molecular flexibility index (Phi) is 24.0. The zero-order valence-corrected chi connectivity index (χ0v) is 46.9. The van der Waals surface area contributed by atoms with Gasteiger partial charge in [-0.15, -0.1) is 0 Å². The molecule has 5 N–H and O–H groups in total. The number of rotatable bonds is 12. The first kappa shape index (κ1) is 62.7. The van der Waals surface area contributed by atoms with Gasteiger partial charge in [0.15, 0.2) is 0 Å². The molecule has 74 heavy (non-hydrogen) atoms. The fourth-order valence-corrected chi connectivity index (χ4v) is 9.14. The molecule has 2 fully saturated rings. The predicted octanol–water partition coefficient (Wildman–Crippen LogP) is 2.25. The highest BCUT2D eigenvalue weighted by molar-refractivity contribution is 5.99. The minimum Gasteiger partial charge on any atom is -0.391 e. The minimum absolute atomic E-state index is 0.0121. The normalized spacial score (nSPS) is 26.2. The molecular formula is C54H89N9O11. The third kappa shape index (κ3) is 18.3. The lowest BCUT2D eigenvalue weighted by molar-refractivity contribution is -0.152. The van der Waals surface area contributed by atoms with Gasteiger partial charge in [-0.3, -0.25) is 43.2 Å². The molecule has 1 aromatic rings. The number of nitrogens with one attached hydrogen (secondary N) is 4. The summed E-state index contributed by atoms with van der Waals surface area (Å²) in [6.45, 7) is 19.6. The second kappa shape index (κ2) is 28.3. The summed E-state index contributed by atoms with van der Waals surface area (Å²) >= 11 is 0. The van der Waals surface area contributed by atoms with Crippen molar-refractivity contribution in [3.8, 4) is 0 Å². The van der Waals surface area contributed by atoms with Gasteiger partial charge in [-0.25, -0.2) is 0 Å². The van der Waals surface area contributed by atoms with Crippen molar-refractivity contribution in [3.05, 3.63) is 35.9 Å². The smallest absolute Gasteiger partial charge is 0.246 e. The average molecular weight is 1040 g/mol. The Hall–Kier alpha value is -5.63. The van der Waals surface area contributed by atoms with E-state index in [1.807, 2.05) is 41.5 Å². The maximum Gasteiger partial charge on any atom is 0.246 e. The van der Waals surface area contributed by atoms with Crippen LogP contribution in [0, 0.1) is 17.8 Å². The van der Waals surface area contributed by atoms with Crippen LogP contribution in [0.15, 0.2) is 30.3 Å². The maximum atomic E-state index is 14.9. The molecule has 416 valence electrons. The van der Waals surface area contributed by atoms with Crippen molar-refractivity contribution in [1.29, 1.82) is 0 Å². The summed E-state index contributed by atoms with van der Waals surface area (Å²) in [6.07, 6.45) is 0.604. The molecule has 0 aliphatic carbocycles. The molecular weight excluding hydrogens is 951 g/mol. The topological polar surface area (TPSA) is 247 Å². The van der Waals surface area contributed by atoms with Gasteiger partial charge in [0.05, 0.1) is 24.7 Å². The van der Waals surface area contributed by atoms with Gasteiger partial charge in [-0.2, -0.15) is 0 Å². The van der Waals surface area contributed by atoms with Gasteiger partial charge in [0.1, 0.15) is 48.3 Å². The van der Waals surface area contributed by atoms with Crippen LogP contribution >= 0.6 is 0 Å². The van der Waals surface area contributed by atoms with Crippen molar-refractivity contribution < 1.29 is 53.0 Å². The third-order valence-electron chi connectivity index (χ3n) is 13.7. The molecule has 2 aliphatic heterocycles. The predicted molar refractivity (Wildman–Crippen MR) is 281 cm³/mol. The van der Waals surface area contributed by atoms with E-state index in [1.54, 1.807) is 56.0 Å². The highest BCUT2D eigenvalue weighted by Gasteiger charge is 2.42. The van der Waals surface area contributed by atoms with E-state index in [4.69, 9.17) is 4.74 Å². The molecule has 0 bridgehead atoms. The lowest BCUT2D eigenvalue weighted by Gasteiger charge is -2.37. The number of ether oxygens (including phenoxy) is 1. The number of carbonyl (C=O) groups excluding carboxylic acids is 9. The van der Waals surface area contributed by atoms with Crippen LogP contribution in [-0.2, 0) is 54.3 Å². The monoisotopic (exact) mass is 1040 g/mol. The first-order valence-electron chi connectivity index (χ1n) is 26.4. The molecule has 0 spiro atoms. The van der Waals surface area contributed by atoms with E-state index in [0.717, 1.165) is 11.3 Å². The van der Waals surface area contributed by atoms with E-state index < -0.39 is 120 Å². The van der Waals surface area contributed by atoms with E-state index in [0.29, 0.717) is 31.5 Å². The first-order valence-corrected chi connectivity index (χ1v) is 26.4. The van der Waals surface area contributed by atoms with Crippen LogP contribution in [-0.4, -0.2) is 191 Å². The van der Waals surface area contributed by atoms with Gasteiger partial charge in [0.2, 0.25) is 53.2 Å². The maximum absolute atomic E-state index is 14.9. The molecule has 0 saturated carbocycles. The summed E-state index contributed by atoms with van der Waals surface area (Å²) in [4.78, 5) is 138. The largest absolute Gasteiger partial charge is 0.391 e. The Morgan fingerprint density at radius 2 is 1.12 bits per heavy atom. The van der Waals surface area contributed by atoms with Crippen molar-refractivity contribution in [2.45, 2.75) is 188 Å². The Morgan fingerprint density at radius 3 is 1.64 bits per heavy atom. The number of aliphatic hydroxyl groups is 1. The van der Waals surface area contributed by atoms with Gasteiger partial charge in [-0.1, -0.05) is 71.9 Å². The molecule has 0 radical (unpaired) electrons. The summed E-state index contributed by atoms with van der Waals surface area (Å²) in [7, 11) is 5.68. The Bertz CT molecular complexity index is 2090. The number of piperidine rings is 1. The molecule has 20 nitrogen and oxygen atoms in total. The fraction of sp³-hybridized carbons (Fsp3) is 0.722. The number of hydrogen-bond donors (Lipinski definition) is 5. The number of likely N-dealkylation sites (tertiary alicyclic amines) is 1. The molecule has 0 unspecified atom stereocenters. The Labute approximate surface area is 439 Å². The van der Waals surface area contributed by atoms with E-state index in [-0.39, 0.29) is 50.0 Å². The van der Waals surface area contributed by atoms with Crippen molar-refractivity contribution >= 4 is 53.2 Å². The van der Waals surface area contributed by atoms with Crippen LogP contribution in [0.3, 0.4) is 0 Å². The van der Waals surface area contributed by atoms with Gasteiger partial charge in [0, 0.05) is 47.7 Å². The summed E-state index contributed by atoms with van der Waals surface area (Å²) in [5, 5.41) is 22.0. The number of carbonyl (C=O) groups is 9. The van der Waals surface area contributed by atoms with Crippen LogP contribution in [0.4, 0.5) is 0 Å². The second-order valence-corrected chi connectivity index (χ2v) is 22.6. The number of amides is 9. The summed E-state index contributed by atoms with van der Waals surface area (Å²) in [6, 6.07) is -1.62. The molecule has 2 aliphatic rings. The van der Waals surface area contributed by atoms with Gasteiger partial charge in [0.25, 0.3) is 0 Å². The zero-order valence-electron chi connectivity index (χ0n) is 46.9. The Balaban J connectivity index is 2.31. The van der Waals surface area contributed by atoms with E-state index in [1.165, 1.54) is 56.7 Å². The molecule has 20 heteroatoms. The number of aliphatic hydroxyl groups excluding tert-OH is 1. The molecule has 2 heterocycles. The number of benzene rings is 1. The zero-order chi connectivity index (χ0) is 55.9. The standard InChI is InChI=1S/C54H89N9O11/c1-32(2)26-38-51(71)60(13)41(27-33(3)4)47(67)57-40(31-74-54(9,10)11)46(66)55-39(52(72)63-24-20-17-21-25-63)30-44(65)59(12)35(7)50(70)62(15)43(29-37-22-18-16-19-23-37)53(73)61(14)42(28-34(5)6)48(68)58-45(36(8)64)49(69)56-38/h16,18-19,22-23,32-36,38-43,45,64H,17,20-21,24-31H2,1-15H3,(H,55,66)(H,56,69)(H,57,67)(H,58,68)/t35-,36+,38-,39-,40-,41-,42-,43-,45-/m0/s1. The SMILES string of the molecule is CC(C)C[C@@H]1NC(=O)[C@H]([C@@H](C)O)NC(=O)[C@H](CC(C)C)N(C)C(=O)[C@H](Cc2ccccc2)N(C)C(=O)[C@H](C)N(C)C(=O)C[C@@H](C(=O)N2CCCCC2)NC(=O)[C@H](COC(C)(C)C)NC(=O)[C@H](CC(C)C)N(C)C1=O. The van der Waals surface area contributed by atoms with Crippen LogP contribution < -0.4 is 21.3 Å². The van der Waals surface area contributed by atoms with Crippen LogP contribution in [0.5, 0.6) is 0 Å². The summed E-state index contributed by atoms with van der Waals surface area (Å²) in [5.41, 5.74) is -0.106. The van der Waals surface area contributed by atoms with Crippen molar-refractivity contribution in [2.75, 3.05) is 47.9 Å². The minimum atomic E-state index is -1.61. The number of nitrogens with zero attached hydrogens (tertiary/aromatic N) is 5. The highest BCUT2D eigenvalue weighted by Crippen LogP contribution is 2.21. The average Bonchev–Trinajstić information content (AvgIpc) is 3.33. The highest BCUT2D eigenvalue weighted by atomic mass is 16.5. The molecule has 1 aromatic carbocycles. The van der Waals surface area contributed by atoms with E-state index in [2.05, 4.69) is 21.3 Å². The van der Waals surface area contributed by atoms with Crippen LogP contribution in [0.25, 0.3) is 0 Å². The molecule has 9 atom stereocenters. The van der Waals surface area contributed by atoms with Crippen LogP contribution in [0.2, 0.25) is 0 Å². The van der Waals surface area contributed by atoms with Gasteiger partial charge < -0.3 is 55.6 Å². The molecule has 9 amide bonds. The molecule has 0 aromatic heterocycles. The quantitative estimate of drug-likeness (QED) is 0.203. The van der Waals surface area contributed by atoms with Crippen LogP contribution in [0.1, 0.15) is 127 Å². The summed E-state index contributed by atoms with van der Waals surface area (Å²) < 4.78 is 6.05. The first-order chi connectivity index (χ1) is 34.4. The van der Waals surface area contributed by atoms with Crippen molar-refractivity contribution in [3.63, 3.8) is 0 Å². The number of hydrogen-bond acceptors (Lipinski definition) is 11. The molecule has 2 saturated heterocycles. The third-order valence-corrected chi connectivity index (χ3v) is 13.7. The fourth-order valence-electron chi connectivity index (χ4n) is 9.14. The lowest BCUT2D eigenvalue weighted by atomic mass is 9.97. The van der Waals surface area contributed by atoms with Crippen molar-refractivity contribution in [2.24, 2.45) is 17.8 Å². The number of likely N-dealkylation sites (N-methyl/N-ethyl adjacent to an activating group) is 4. The molecule has 3 rings (SSSR count). The van der Waals surface area contributed by atoms with Gasteiger partial charge >= 0.3 is 0 Å². The van der Waals surface area contributed by atoms with Crippen molar-refractivity contribution in [1.82, 2.24) is 45.8 Å². The summed E-state index contributed by atoms with van der Waals surface area (Å²) in [5.74, 6) is -6.85.